The summed E-state index contributed by atoms with van der Waals surface area (Å²) in [4.78, 5) is 13.3. The zero-order chi connectivity index (χ0) is 54.6. The first-order valence-corrected chi connectivity index (χ1v) is 30.7. The Balaban J connectivity index is 1.76. The zero-order valence-electron chi connectivity index (χ0n) is 47.3. The second-order valence-electron chi connectivity index (χ2n) is 21.8. The van der Waals surface area contributed by atoms with E-state index in [9.17, 15) is 45.6 Å². The van der Waals surface area contributed by atoms with Crippen LogP contribution >= 0.6 is 0 Å². The Morgan fingerprint density at radius 2 is 0.880 bits per heavy atom. The number of ether oxygens (including phenoxy) is 4. The van der Waals surface area contributed by atoms with Crippen LogP contribution in [0.25, 0.3) is 0 Å². The van der Waals surface area contributed by atoms with Crippen molar-refractivity contribution in [2.45, 2.75) is 325 Å². The molecule has 2 heterocycles. The number of hydrogen-bond acceptors (Lipinski definition) is 13. The number of nitrogens with one attached hydrogen (secondary N) is 1. The molecule has 12 atom stereocenters. The van der Waals surface area contributed by atoms with Crippen molar-refractivity contribution in [2.24, 2.45) is 0 Å². The molecule has 0 spiro atoms. The average molecular weight is 1070 g/mol. The number of carbonyl (C=O) groups is 1. The predicted molar refractivity (Wildman–Crippen MR) is 300 cm³/mol. The molecule has 0 aromatic rings. The summed E-state index contributed by atoms with van der Waals surface area (Å²) in [6.45, 7) is 2.80. The molecule has 14 nitrogen and oxygen atoms in total. The molecule has 2 saturated heterocycles. The van der Waals surface area contributed by atoms with E-state index in [1.165, 1.54) is 167 Å². The van der Waals surface area contributed by atoms with Crippen LogP contribution in [0, 0.1) is 0 Å². The van der Waals surface area contributed by atoms with Crippen LogP contribution < -0.4 is 5.32 Å². The van der Waals surface area contributed by atoms with Crippen molar-refractivity contribution in [3.63, 3.8) is 0 Å². The molecular weight excluding hydrogens is 955 g/mol. The molecule has 9 N–H and O–H groups in total. The number of aliphatic hydroxyl groups excluding tert-OH is 8. The van der Waals surface area contributed by atoms with Crippen LogP contribution in [0.4, 0.5) is 0 Å². The molecule has 2 aliphatic rings. The van der Waals surface area contributed by atoms with Crippen molar-refractivity contribution in [3.8, 4) is 0 Å². The highest BCUT2D eigenvalue weighted by atomic mass is 16.7. The lowest BCUT2D eigenvalue weighted by Crippen LogP contribution is -2.65. The topological polar surface area (TPSA) is 228 Å². The molecule has 0 bridgehead atoms. The van der Waals surface area contributed by atoms with Crippen LogP contribution in [0.5, 0.6) is 0 Å². The van der Waals surface area contributed by atoms with Gasteiger partial charge in [0.2, 0.25) is 5.91 Å². The Hall–Kier alpha value is -1.79. The molecule has 12 unspecified atom stereocenters. The first-order chi connectivity index (χ1) is 36.6. The standard InChI is InChI=1S/C61H113NO13/c1-3-5-7-9-11-13-15-17-19-21-23-24-25-26-27-28-30-32-34-36-38-40-42-44-50(65)49(62-53(66)45-43-41-39-37-35-33-31-29-22-20-18-16-14-12-10-8-6-4-2)48-72-60-58(71)56(69)59(52(47-64)74-60)75-61-57(70)55(68)54(67)51(46-63)73-61/h14,16,20,22,42,44,49-52,54-61,63-65,67-71H,3-13,15,17-19,21,23-41,43,45-48H2,1-2H3,(H,62,66)/b16-14-,22-20-,44-42+. The summed E-state index contributed by atoms with van der Waals surface area (Å²) in [5.74, 6) is -0.245. The van der Waals surface area contributed by atoms with E-state index in [0.29, 0.717) is 6.42 Å². The van der Waals surface area contributed by atoms with Gasteiger partial charge < -0.3 is 65.1 Å². The Kier molecular flexibility index (Phi) is 43.5. The number of hydrogen-bond donors (Lipinski definition) is 9. The summed E-state index contributed by atoms with van der Waals surface area (Å²) in [5, 5.41) is 87.2. The van der Waals surface area contributed by atoms with Crippen LogP contribution in [0.2, 0.25) is 0 Å². The molecule has 0 radical (unpaired) electrons. The number of carbonyl (C=O) groups excluding carboxylic acids is 1. The molecule has 440 valence electrons. The zero-order valence-corrected chi connectivity index (χ0v) is 47.3. The lowest BCUT2D eigenvalue weighted by atomic mass is 9.97. The molecule has 1 amide bonds. The van der Waals surface area contributed by atoms with E-state index in [1.807, 2.05) is 6.08 Å². The van der Waals surface area contributed by atoms with Crippen molar-refractivity contribution < 1.29 is 64.6 Å². The lowest BCUT2D eigenvalue weighted by molar-refractivity contribution is -0.359. The van der Waals surface area contributed by atoms with Crippen LogP contribution in [-0.4, -0.2) is 140 Å². The summed E-state index contributed by atoms with van der Waals surface area (Å²) in [6, 6.07) is -0.919. The average Bonchev–Trinajstić information content (AvgIpc) is 3.41. The Morgan fingerprint density at radius 1 is 0.480 bits per heavy atom. The molecule has 2 fully saturated rings. The summed E-state index contributed by atoms with van der Waals surface area (Å²) >= 11 is 0. The predicted octanol–water partition coefficient (Wildman–Crippen LogP) is 10.6. The fourth-order valence-corrected chi connectivity index (χ4v) is 10.1. The van der Waals surface area contributed by atoms with E-state index in [1.54, 1.807) is 6.08 Å². The highest BCUT2D eigenvalue weighted by Gasteiger charge is 2.51. The molecule has 0 aromatic heterocycles. The number of unbranched alkanes of at least 4 members (excludes halogenated alkanes) is 32. The SMILES string of the molecule is CCCCCC/C=C\C/C=C\CCCCCCCCCC(=O)NC(COC1OC(CO)C(OC2OC(CO)C(O)C(O)C2O)C(O)C1O)C(O)/C=C/CCCCCCCCCCCCCCCCCCCCCCC. The Morgan fingerprint density at radius 3 is 1.35 bits per heavy atom. The maximum atomic E-state index is 13.3. The monoisotopic (exact) mass is 1070 g/mol. The van der Waals surface area contributed by atoms with Crippen molar-refractivity contribution in [1.82, 2.24) is 5.32 Å². The molecule has 75 heavy (non-hydrogen) atoms. The van der Waals surface area contributed by atoms with E-state index < -0.39 is 86.8 Å². The van der Waals surface area contributed by atoms with E-state index in [0.717, 1.165) is 57.8 Å². The molecule has 14 heteroatoms. The normalized spacial score (nSPS) is 25.3. The van der Waals surface area contributed by atoms with E-state index in [-0.39, 0.29) is 18.9 Å². The number of aliphatic hydroxyl groups is 8. The second kappa shape index (κ2) is 47.1. The maximum Gasteiger partial charge on any atom is 0.220 e. The second-order valence-corrected chi connectivity index (χ2v) is 21.8. The Bertz CT molecular complexity index is 1400. The van der Waals surface area contributed by atoms with Gasteiger partial charge in [-0.1, -0.05) is 230 Å². The van der Waals surface area contributed by atoms with Gasteiger partial charge in [0, 0.05) is 6.42 Å². The summed E-state index contributed by atoms with van der Waals surface area (Å²) < 4.78 is 22.8. The van der Waals surface area contributed by atoms with E-state index in [2.05, 4.69) is 43.5 Å². The minimum absolute atomic E-state index is 0.245. The Labute approximate surface area is 455 Å². The third-order valence-electron chi connectivity index (χ3n) is 15.1. The van der Waals surface area contributed by atoms with Crippen molar-refractivity contribution in [3.05, 3.63) is 36.5 Å². The van der Waals surface area contributed by atoms with Gasteiger partial charge in [0.1, 0.15) is 48.8 Å². The third kappa shape index (κ3) is 32.8. The third-order valence-corrected chi connectivity index (χ3v) is 15.1. The highest BCUT2D eigenvalue weighted by molar-refractivity contribution is 5.76. The smallest absolute Gasteiger partial charge is 0.220 e. The van der Waals surface area contributed by atoms with Crippen LogP contribution in [-0.2, 0) is 23.7 Å². The quantitative estimate of drug-likeness (QED) is 0.0204. The summed E-state index contributed by atoms with van der Waals surface area (Å²) in [6.07, 6.45) is 40.3. The molecule has 2 rings (SSSR count). The minimum Gasteiger partial charge on any atom is -0.394 e. The van der Waals surface area contributed by atoms with Crippen molar-refractivity contribution in [2.75, 3.05) is 19.8 Å². The van der Waals surface area contributed by atoms with Gasteiger partial charge in [-0.25, -0.2) is 0 Å². The fraction of sp³-hybridized carbons (Fsp3) is 0.885. The largest absolute Gasteiger partial charge is 0.394 e. The van der Waals surface area contributed by atoms with Gasteiger partial charge in [0.25, 0.3) is 0 Å². The maximum absolute atomic E-state index is 13.3. The van der Waals surface area contributed by atoms with Crippen molar-refractivity contribution >= 4 is 5.91 Å². The molecule has 2 aliphatic heterocycles. The van der Waals surface area contributed by atoms with Gasteiger partial charge in [-0.05, 0) is 51.4 Å². The molecule has 0 saturated carbocycles. The summed E-state index contributed by atoms with van der Waals surface area (Å²) in [5.41, 5.74) is 0. The fourth-order valence-electron chi connectivity index (χ4n) is 10.1. The molecule has 0 aliphatic carbocycles. The van der Waals surface area contributed by atoms with Crippen LogP contribution in [0.1, 0.15) is 251 Å². The van der Waals surface area contributed by atoms with E-state index in [4.69, 9.17) is 18.9 Å². The van der Waals surface area contributed by atoms with Gasteiger partial charge in [-0.15, -0.1) is 0 Å². The number of allylic oxidation sites excluding steroid dienone is 5. The molecular formula is C61H113NO13. The minimum atomic E-state index is -1.79. The first kappa shape index (κ1) is 69.3. The van der Waals surface area contributed by atoms with Crippen LogP contribution in [0.15, 0.2) is 36.5 Å². The van der Waals surface area contributed by atoms with Gasteiger partial charge in [0.05, 0.1) is 32.0 Å². The lowest BCUT2D eigenvalue weighted by Gasteiger charge is -2.46. The number of rotatable bonds is 49. The van der Waals surface area contributed by atoms with E-state index >= 15 is 0 Å². The number of amides is 1. The van der Waals surface area contributed by atoms with Gasteiger partial charge in [-0.2, -0.15) is 0 Å². The van der Waals surface area contributed by atoms with Gasteiger partial charge >= 0.3 is 0 Å². The molecule has 0 aromatic carbocycles. The first-order valence-electron chi connectivity index (χ1n) is 30.7. The van der Waals surface area contributed by atoms with Crippen LogP contribution in [0.3, 0.4) is 0 Å². The van der Waals surface area contributed by atoms with Gasteiger partial charge in [0.15, 0.2) is 12.6 Å². The van der Waals surface area contributed by atoms with Gasteiger partial charge in [-0.3, -0.25) is 4.79 Å². The highest BCUT2D eigenvalue weighted by Crippen LogP contribution is 2.30. The summed E-state index contributed by atoms with van der Waals surface area (Å²) in [7, 11) is 0. The van der Waals surface area contributed by atoms with Crippen molar-refractivity contribution in [1.29, 1.82) is 0 Å².